The Labute approximate surface area is 93.9 Å². The minimum absolute atomic E-state index is 0. The summed E-state index contributed by atoms with van der Waals surface area (Å²) in [5, 5.41) is 9.33. The largest absolute Gasteiger partial charge is 0.388 e. The summed E-state index contributed by atoms with van der Waals surface area (Å²) in [7, 11) is 0. The first-order valence-corrected chi connectivity index (χ1v) is 4.28. The van der Waals surface area contributed by atoms with Crippen molar-refractivity contribution in [3.8, 4) is 0 Å². The van der Waals surface area contributed by atoms with Gasteiger partial charge in [-0.1, -0.05) is 37.3 Å². The maximum atomic E-state index is 9.33. The summed E-state index contributed by atoms with van der Waals surface area (Å²) in [6.45, 7) is 6.97. The molecule has 1 aromatic carbocycles. The summed E-state index contributed by atoms with van der Waals surface area (Å²) < 4.78 is 0. The van der Waals surface area contributed by atoms with E-state index in [1.807, 2.05) is 37.3 Å². The molecule has 0 amide bonds. The molecule has 70 valence electrons. The van der Waals surface area contributed by atoms with E-state index in [0.29, 0.717) is 0 Å². The maximum absolute atomic E-state index is 9.33. The van der Waals surface area contributed by atoms with Crippen LogP contribution in [0.4, 0.5) is 0 Å². The first kappa shape index (κ1) is 15.3. The van der Waals surface area contributed by atoms with E-state index in [9.17, 15) is 5.11 Å². The fourth-order valence-corrected chi connectivity index (χ4v) is 0.911. The van der Waals surface area contributed by atoms with Gasteiger partial charge in [-0.3, -0.25) is 0 Å². The van der Waals surface area contributed by atoms with E-state index in [1.54, 1.807) is 6.92 Å². The summed E-state index contributed by atoms with van der Waals surface area (Å²) in [6.07, 6.45) is 0.491. The molecule has 0 saturated heterocycles. The van der Waals surface area contributed by atoms with Gasteiger partial charge in [0.2, 0.25) is 0 Å². The summed E-state index contributed by atoms with van der Waals surface area (Å²) >= 11 is 0. The van der Waals surface area contributed by atoms with Gasteiger partial charge in [-0.05, 0) is 12.0 Å². The average molecular weight is 231 g/mol. The normalized spacial score (nSPS) is 10.5. The predicted octanol–water partition coefficient (Wildman–Crippen LogP) is 2.97. The van der Waals surface area contributed by atoms with Crippen molar-refractivity contribution < 1.29 is 24.6 Å². The van der Waals surface area contributed by atoms with Crippen LogP contribution >= 0.6 is 0 Å². The van der Waals surface area contributed by atoms with Crippen molar-refractivity contribution in [2.45, 2.75) is 26.4 Å². The van der Waals surface area contributed by atoms with Gasteiger partial charge in [-0.25, -0.2) is 0 Å². The van der Waals surface area contributed by atoms with Crippen LogP contribution < -0.4 is 0 Å². The number of hydrogen-bond donors (Lipinski definition) is 1. The van der Waals surface area contributed by atoms with Crippen molar-refractivity contribution in [3.63, 3.8) is 0 Å². The molecule has 0 aliphatic carbocycles. The number of hydrogen-bond acceptors (Lipinski definition) is 1. The first-order valence-electron chi connectivity index (χ1n) is 4.28. The molecular weight excluding hydrogens is 214 g/mol. The number of aliphatic hydroxyl groups excluding tert-OH is 1. The van der Waals surface area contributed by atoms with Gasteiger partial charge in [-0.15, -0.1) is 0 Å². The van der Waals surface area contributed by atoms with Gasteiger partial charge in [0.05, 0.1) is 6.10 Å². The van der Waals surface area contributed by atoms with Crippen LogP contribution in [-0.2, 0) is 19.5 Å². The molecule has 1 N–H and O–H groups in total. The van der Waals surface area contributed by atoms with Gasteiger partial charge in [0.1, 0.15) is 0 Å². The van der Waals surface area contributed by atoms with Crippen molar-refractivity contribution >= 4 is 0 Å². The molecule has 2 heteroatoms. The summed E-state index contributed by atoms with van der Waals surface area (Å²) in [4.78, 5) is 0. The molecule has 0 fully saturated rings. The number of rotatable bonds is 2. The smallest absolute Gasteiger partial charge is 0.0787 e. The molecule has 13 heavy (non-hydrogen) atoms. The van der Waals surface area contributed by atoms with Crippen molar-refractivity contribution in [1.82, 2.24) is 0 Å². The van der Waals surface area contributed by atoms with Crippen molar-refractivity contribution in [3.05, 3.63) is 42.8 Å². The Kier molecular flexibility index (Phi) is 11.6. The van der Waals surface area contributed by atoms with E-state index in [-0.39, 0.29) is 25.6 Å². The van der Waals surface area contributed by atoms with Crippen LogP contribution in [0.1, 0.15) is 31.9 Å². The molecule has 0 heterocycles. The molecule has 0 saturated carbocycles. The van der Waals surface area contributed by atoms with E-state index in [4.69, 9.17) is 0 Å². The standard InChI is InChI=1S/C9H12O.C2H5.Zn/c1-2-9(10)8-6-4-3-5-7-8;1-2;/h3-7,9-10H,2H2,1H3;1H2,2H3;/q;-1;/t9-;;/m1../s1. The molecule has 1 nitrogen and oxygen atoms in total. The van der Waals surface area contributed by atoms with Crippen molar-refractivity contribution in [2.24, 2.45) is 0 Å². The first-order chi connectivity index (χ1) is 5.84. The van der Waals surface area contributed by atoms with Gasteiger partial charge in [0, 0.05) is 19.5 Å². The molecule has 1 atom stereocenters. The van der Waals surface area contributed by atoms with Gasteiger partial charge in [0.15, 0.2) is 0 Å². The van der Waals surface area contributed by atoms with Crippen LogP contribution in [-0.4, -0.2) is 5.11 Å². The molecule has 1 aromatic rings. The molecule has 0 aromatic heterocycles. The Bertz CT molecular complexity index is 187. The zero-order valence-electron chi connectivity index (χ0n) is 8.53. The third-order valence-corrected chi connectivity index (χ3v) is 1.57. The molecule has 0 bridgehead atoms. The van der Waals surface area contributed by atoms with Gasteiger partial charge < -0.3 is 12.0 Å². The topological polar surface area (TPSA) is 20.2 Å². The Balaban J connectivity index is 0. The minimum atomic E-state index is -0.291. The quantitative estimate of drug-likeness (QED) is 0.612. The molecule has 0 aliphatic rings. The van der Waals surface area contributed by atoms with Crippen molar-refractivity contribution in [1.29, 1.82) is 0 Å². The predicted molar refractivity (Wildman–Crippen MR) is 52.7 cm³/mol. The second-order valence-corrected chi connectivity index (χ2v) is 2.33. The molecule has 0 radical (unpaired) electrons. The SMILES string of the molecule is CC[C@@H](O)c1ccccc1.[CH2-]C.[Zn]. The van der Waals surface area contributed by atoms with Gasteiger partial charge in [0.25, 0.3) is 0 Å². The second-order valence-electron chi connectivity index (χ2n) is 2.33. The van der Waals surface area contributed by atoms with E-state index >= 15 is 0 Å². The Morgan fingerprint density at radius 3 is 2.08 bits per heavy atom. The van der Waals surface area contributed by atoms with Gasteiger partial charge >= 0.3 is 0 Å². The fraction of sp³-hybridized carbons (Fsp3) is 0.364. The Hall–Kier alpha value is -0.197. The molecule has 0 spiro atoms. The van der Waals surface area contributed by atoms with Crippen LogP contribution in [0, 0.1) is 6.92 Å². The molecule has 0 unspecified atom stereocenters. The maximum Gasteiger partial charge on any atom is 0.0787 e. The zero-order valence-corrected chi connectivity index (χ0v) is 11.5. The van der Waals surface area contributed by atoms with E-state index < -0.39 is 0 Å². The van der Waals surface area contributed by atoms with Crippen LogP contribution in [0.2, 0.25) is 0 Å². The van der Waals surface area contributed by atoms with Crippen LogP contribution in [0.3, 0.4) is 0 Å². The zero-order chi connectivity index (χ0) is 9.40. The molecular formula is C11H17OZn-. The van der Waals surface area contributed by atoms with Crippen LogP contribution in [0.5, 0.6) is 0 Å². The second kappa shape index (κ2) is 9.89. The van der Waals surface area contributed by atoms with Crippen molar-refractivity contribution in [2.75, 3.05) is 0 Å². The summed E-state index contributed by atoms with van der Waals surface area (Å²) in [5.74, 6) is 0. The van der Waals surface area contributed by atoms with Crippen LogP contribution in [0.25, 0.3) is 0 Å². The number of benzene rings is 1. The van der Waals surface area contributed by atoms with E-state index in [1.165, 1.54) is 0 Å². The minimum Gasteiger partial charge on any atom is -0.388 e. The summed E-state index contributed by atoms with van der Waals surface area (Å²) in [5.41, 5.74) is 1.00. The van der Waals surface area contributed by atoms with Crippen LogP contribution in [0.15, 0.2) is 30.3 Å². The Morgan fingerprint density at radius 1 is 1.23 bits per heavy atom. The van der Waals surface area contributed by atoms with Gasteiger partial charge in [-0.2, -0.15) is 6.92 Å². The molecule has 0 aliphatic heterocycles. The summed E-state index contributed by atoms with van der Waals surface area (Å²) in [6, 6.07) is 9.70. The van der Waals surface area contributed by atoms with E-state index in [2.05, 4.69) is 6.92 Å². The molecule has 1 rings (SSSR count). The fourth-order valence-electron chi connectivity index (χ4n) is 0.911. The van der Waals surface area contributed by atoms with E-state index in [0.717, 1.165) is 12.0 Å². The monoisotopic (exact) mass is 229 g/mol. The number of aliphatic hydroxyl groups is 1. The third kappa shape index (κ3) is 5.95. The third-order valence-electron chi connectivity index (χ3n) is 1.57. The Morgan fingerprint density at radius 2 is 1.69 bits per heavy atom. The average Bonchev–Trinajstić information content (AvgIpc) is 2.21.